The predicted octanol–water partition coefficient (Wildman–Crippen LogP) is 1.85. The molecule has 0 aliphatic carbocycles. The van der Waals surface area contributed by atoms with E-state index in [9.17, 15) is 9.59 Å². The summed E-state index contributed by atoms with van der Waals surface area (Å²) in [6, 6.07) is 7.52. The molecule has 0 radical (unpaired) electrons. The number of benzene rings is 1. The Bertz CT molecular complexity index is 1040. The summed E-state index contributed by atoms with van der Waals surface area (Å²) < 4.78 is 5.18. The number of aromatic amines is 1. The Morgan fingerprint density at radius 2 is 1.93 bits per heavy atom. The fourth-order valence-electron chi connectivity index (χ4n) is 3.41. The molecule has 150 valence electrons. The highest BCUT2D eigenvalue weighted by Gasteiger charge is 2.21. The summed E-state index contributed by atoms with van der Waals surface area (Å²) in [6.45, 7) is 1.75. The number of hydrogen-bond acceptors (Lipinski definition) is 7. The molecular weight excluding hydrogens is 372 g/mol. The van der Waals surface area contributed by atoms with E-state index < -0.39 is 11.7 Å². The van der Waals surface area contributed by atoms with Gasteiger partial charge in [-0.05, 0) is 25.3 Å². The van der Waals surface area contributed by atoms with Crippen molar-refractivity contribution in [2.75, 3.05) is 25.1 Å². The fourth-order valence-corrected chi connectivity index (χ4v) is 3.41. The average molecular weight is 394 g/mol. The monoisotopic (exact) mass is 394 g/mol. The molecule has 1 saturated heterocycles. The van der Waals surface area contributed by atoms with Crippen LogP contribution in [-0.2, 0) is 11.3 Å². The van der Waals surface area contributed by atoms with Crippen LogP contribution in [0.15, 0.2) is 30.5 Å². The normalized spacial score (nSPS) is 14.0. The maximum absolute atomic E-state index is 12.6. The SMILES string of the molecule is COc1nc(CNC(=O)C(=O)c2c[nH]c3ccccc23)nc(N2CCCCC2)n1. The van der Waals surface area contributed by atoms with Crippen molar-refractivity contribution < 1.29 is 14.3 Å². The fraction of sp³-hybridized carbons (Fsp3) is 0.350. The van der Waals surface area contributed by atoms with E-state index in [1.165, 1.54) is 13.5 Å². The summed E-state index contributed by atoms with van der Waals surface area (Å²) in [5.74, 6) is -0.449. The maximum atomic E-state index is 12.6. The molecule has 0 spiro atoms. The summed E-state index contributed by atoms with van der Waals surface area (Å²) in [7, 11) is 1.48. The van der Waals surface area contributed by atoms with Crippen LogP contribution in [0.2, 0.25) is 0 Å². The van der Waals surface area contributed by atoms with Crippen LogP contribution in [0.3, 0.4) is 0 Å². The summed E-state index contributed by atoms with van der Waals surface area (Å²) in [6.07, 6.45) is 4.91. The van der Waals surface area contributed by atoms with Crippen LogP contribution in [0.25, 0.3) is 10.9 Å². The second kappa shape index (κ2) is 8.26. The summed E-state index contributed by atoms with van der Waals surface area (Å²) in [5.41, 5.74) is 1.14. The lowest BCUT2D eigenvalue weighted by molar-refractivity contribution is -0.117. The lowest BCUT2D eigenvalue weighted by Gasteiger charge is -2.26. The number of nitrogens with zero attached hydrogens (tertiary/aromatic N) is 4. The highest BCUT2D eigenvalue weighted by molar-refractivity contribution is 6.44. The smallest absolute Gasteiger partial charge is 0.321 e. The number of piperidine rings is 1. The van der Waals surface area contributed by atoms with Gasteiger partial charge in [-0.15, -0.1) is 0 Å². The first kappa shape index (κ1) is 18.9. The molecule has 0 unspecified atom stereocenters. The third-order valence-electron chi connectivity index (χ3n) is 4.92. The number of nitrogens with one attached hydrogen (secondary N) is 2. The number of anilines is 1. The molecule has 1 amide bonds. The lowest BCUT2D eigenvalue weighted by atomic mass is 10.1. The number of Topliss-reactive ketones (excluding diaryl/α,β-unsaturated/α-hetero) is 1. The molecule has 1 aliphatic heterocycles. The molecule has 2 N–H and O–H groups in total. The van der Waals surface area contributed by atoms with E-state index in [1.807, 2.05) is 18.2 Å². The van der Waals surface area contributed by atoms with E-state index in [4.69, 9.17) is 4.74 Å². The van der Waals surface area contributed by atoms with Gasteiger partial charge in [-0.2, -0.15) is 15.0 Å². The van der Waals surface area contributed by atoms with Crippen LogP contribution < -0.4 is 15.0 Å². The lowest BCUT2D eigenvalue weighted by Crippen LogP contribution is -2.33. The Labute approximate surface area is 167 Å². The van der Waals surface area contributed by atoms with Crippen molar-refractivity contribution in [2.45, 2.75) is 25.8 Å². The van der Waals surface area contributed by atoms with Crippen molar-refractivity contribution in [3.05, 3.63) is 41.9 Å². The first-order chi connectivity index (χ1) is 14.2. The number of fused-ring (bicyclic) bond motifs is 1. The van der Waals surface area contributed by atoms with Gasteiger partial charge in [0.25, 0.3) is 11.7 Å². The molecule has 1 aromatic carbocycles. The largest absolute Gasteiger partial charge is 0.467 e. The van der Waals surface area contributed by atoms with Gasteiger partial charge < -0.3 is 19.9 Å². The number of methoxy groups -OCH3 is 1. The van der Waals surface area contributed by atoms with Crippen LogP contribution in [0.4, 0.5) is 5.95 Å². The van der Waals surface area contributed by atoms with E-state index in [0.717, 1.165) is 31.4 Å². The van der Waals surface area contributed by atoms with Gasteiger partial charge in [0.2, 0.25) is 5.95 Å². The summed E-state index contributed by atoms with van der Waals surface area (Å²) >= 11 is 0. The zero-order valence-electron chi connectivity index (χ0n) is 16.1. The number of ketones is 1. The van der Waals surface area contributed by atoms with Crippen LogP contribution >= 0.6 is 0 Å². The average Bonchev–Trinajstić information content (AvgIpc) is 3.21. The first-order valence-electron chi connectivity index (χ1n) is 9.58. The molecule has 1 fully saturated rings. The van der Waals surface area contributed by atoms with E-state index in [1.54, 1.807) is 12.3 Å². The van der Waals surface area contributed by atoms with Crippen molar-refractivity contribution in [3.63, 3.8) is 0 Å². The Kier molecular flexibility index (Phi) is 5.37. The molecule has 0 atom stereocenters. The number of H-pyrrole nitrogens is 1. The van der Waals surface area contributed by atoms with Crippen molar-refractivity contribution in [3.8, 4) is 6.01 Å². The topological polar surface area (TPSA) is 113 Å². The second-order valence-corrected chi connectivity index (χ2v) is 6.85. The number of ether oxygens (including phenoxy) is 1. The van der Waals surface area contributed by atoms with Gasteiger partial charge >= 0.3 is 6.01 Å². The van der Waals surface area contributed by atoms with E-state index in [2.05, 4.69) is 30.2 Å². The van der Waals surface area contributed by atoms with Gasteiger partial charge in [-0.25, -0.2) is 0 Å². The molecule has 3 heterocycles. The number of carbonyl (C=O) groups excluding carboxylic acids is 2. The number of amides is 1. The molecule has 0 bridgehead atoms. The Hall–Kier alpha value is -3.49. The number of rotatable bonds is 6. The minimum Gasteiger partial charge on any atom is -0.467 e. The zero-order valence-corrected chi connectivity index (χ0v) is 16.1. The molecule has 3 aromatic rings. The molecule has 1 aliphatic rings. The molecule has 9 heteroatoms. The Morgan fingerprint density at radius 3 is 2.72 bits per heavy atom. The molecule has 2 aromatic heterocycles. The van der Waals surface area contributed by atoms with E-state index in [-0.39, 0.29) is 12.6 Å². The summed E-state index contributed by atoms with van der Waals surface area (Å²) in [4.78, 5) is 43.0. The standard InChI is InChI=1S/C20H22N6O3/c1-29-20-24-16(23-19(25-20)26-9-5-2-6-10-26)12-22-18(28)17(27)14-11-21-15-8-4-3-7-13(14)15/h3-4,7-8,11,21H,2,5-6,9-10,12H2,1H3,(H,22,28). The minimum absolute atomic E-state index is 0.00660. The molecule has 0 saturated carbocycles. The zero-order chi connectivity index (χ0) is 20.2. The first-order valence-corrected chi connectivity index (χ1v) is 9.58. The van der Waals surface area contributed by atoms with E-state index in [0.29, 0.717) is 22.7 Å². The number of hydrogen-bond donors (Lipinski definition) is 2. The number of carbonyl (C=O) groups is 2. The van der Waals surface area contributed by atoms with Crippen molar-refractivity contribution in [1.29, 1.82) is 0 Å². The van der Waals surface area contributed by atoms with Crippen LogP contribution in [0, 0.1) is 0 Å². The number of aromatic nitrogens is 4. The van der Waals surface area contributed by atoms with Crippen molar-refractivity contribution >= 4 is 28.5 Å². The van der Waals surface area contributed by atoms with E-state index >= 15 is 0 Å². The predicted molar refractivity (Wildman–Crippen MR) is 107 cm³/mol. The minimum atomic E-state index is -0.714. The van der Waals surface area contributed by atoms with Crippen molar-refractivity contribution in [2.24, 2.45) is 0 Å². The number of para-hydroxylation sites is 1. The highest BCUT2D eigenvalue weighted by Crippen LogP contribution is 2.19. The van der Waals surface area contributed by atoms with Gasteiger partial charge in [0.1, 0.15) is 0 Å². The van der Waals surface area contributed by atoms with Crippen molar-refractivity contribution in [1.82, 2.24) is 25.3 Å². The molecular formula is C20H22N6O3. The Balaban J connectivity index is 1.47. The van der Waals surface area contributed by atoms with Gasteiger partial charge in [-0.3, -0.25) is 9.59 Å². The third-order valence-corrected chi connectivity index (χ3v) is 4.92. The van der Waals surface area contributed by atoms with Gasteiger partial charge in [-0.1, -0.05) is 18.2 Å². The quantitative estimate of drug-likeness (QED) is 0.484. The van der Waals surface area contributed by atoms with Crippen LogP contribution in [-0.4, -0.2) is 51.8 Å². The third kappa shape index (κ3) is 4.03. The van der Waals surface area contributed by atoms with Gasteiger partial charge in [0.15, 0.2) is 5.82 Å². The highest BCUT2D eigenvalue weighted by atomic mass is 16.5. The molecule has 9 nitrogen and oxygen atoms in total. The maximum Gasteiger partial charge on any atom is 0.321 e. The summed E-state index contributed by atoms with van der Waals surface area (Å²) in [5, 5.41) is 3.31. The Morgan fingerprint density at radius 1 is 1.14 bits per heavy atom. The van der Waals surface area contributed by atoms with Gasteiger partial charge in [0, 0.05) is 30.2 Å². The van der Waals surface area contributed by atoms with Crippen LogP contribution in [0.5, 0.6) is 6.01 Å². The van der Waals surface area contributed by atoms with Crippen LogP contribution in [0.1, 0.15) is 35.4 Å². The van der Waals surface area contributed by atoms with Gasteiger partial charge in [0.05, 0.1) is 19.2 Å². The molecule has 29 heavy (non-hydrogen) atoms. The molecule has 4 rings (SSSR count). The second-order valence-electron chi connectivity index (χ2n) is 6.85.